The Hall–Kier alpha value is -1.78. The zero-order valence-electron chi connectivity index (χ0n) is 15.3. The molecule has 27 heavy (non-hydrogen) atoms. The van der Waals surface area contributed by atoms with Crippen LogP contribution in [0.1, 0.15) is 23.1 Å². The molecule has 0 bridgehead atoms. The maximum absolute atomic E-state index is 4.76. The van der Waals surface area contributed by atoms with E-state index in [0.29, 0.717) is 5.82 Å². The van der Waals surface area contributed by atoms with Gasteiger partial charge in [-0.05, 0) is 44.0 Å². The van der Waals surface area contributed by atoms with Gasteiger partial charge in [0.05, 0.1) is 29.5 Å². The number of aliphatic imine (C=N–C) groups is 3. The van der Waals surface area contributed by atoms with Gasteiger partial charge in [0.1, 0.15) is 0 Å². The van der Waals surface area contributed by atoms with Gasteiger partial charge in [-0.1, -0.05) is 29.8 Å². The van der Waals surface area contributed by atoms with E-state index in [2.05, 4.69) is 58.9 Å². The van der Waals surface area contributed by atoms with Crippen molar-refractivity contribution in [2.24, 2.45) is 15.0 Å². The molecule has 0 aliphatic carbocycles. The molecule has 3 rings (SSSR count). The van der Waals surface area contributed by atoms with E-state index in [0.717, 1.165) is 23.5 Å². The molecule has 0 N–H and O–H groups in total. The molecule has 0 spiro atoms. The summed E-state index contributed by atoms with van der Waals surface area (Å²) in [5.41, 5.74) is 6.44. The zero-order chi connectivity index (χ0) is 19.6. The first-order valence-electron chi connectivity index (χ1n) is 8.23. The predicted octanol–water partition coefficient (Wildman–Crippen LogP) is 6.22. The van der Waals surface area contributed by atoms with Crippen molar-refractivity contribution >= 4 is 49.8 Å². The summed E-state index contributed by atoms with van der Waals surface area (Å²) in [5.74, 6) is 0.688. The van der Waals surface area contributed by atoms with Gasteiger partial charge in [-0.15, -0.1) is 0 Å². The SMILES string of the molecule is Cc1cc(C)c(N=CC2=CCC(/C=N/c3ccccn3)=N2)c(C)c1.[Cl][Fe][Cl]. The fourth-order valence-corrected chi connectivity index (χ4v) is 2.71. The van der Waals surface area contributed by atoms with Gasteiger partial charge in [0.15, 0.2) is 5.82 Å². The van der Waals surface area contributed by atoms with Crippen LogP contribution in [0.5, 0.6) is 0 Å². The first kappa shape index (κ1) is 21.5. The van der Waals surface area contributed by atoms with Crippen molar-refractivity contribution in [1.29, 1.82) is 0 Å². The quantitative estimate of drug-likeness (QED) is 0.409. The molecule has 4 nitrogen and oxygen atoms in total. The van der Waals surface area contributed by atoms with Gasteiger partial charge >= 0.3 is 33.3 Å². The Morgan fingerprint density at radius 3 is 2.37 bits per heavy atom. The first-order valence-corrected chi connectivity index (χ1v) is 11.3. The Labute approximate surface area is 174 Å². The number of aromatic nitrogens is 1. The second-order valence-electron chi connectivity index (χ2n) is 5.94. The van der Waals surface area contributed by atoms with Crippen molar-refractivity contribution in [3.8, 4) is 0 Å². The van der Waals surface area contributed by atoms with Crippen LogP contribution >= 0.6 is 20.2 Å². The minimum atomic E-state index is 0.194. The van der Waals surface area contributed by atoms with E-state index in [4.69, 9.17) is 20.2 Å². The summed E-state index contributed by atoms with van der Waals surface area (Å²) < 4.78 is 0. The molecule has 7 heteroatoms. The third-order valence-corrected chi connectivity index (χ3v) is 3.75. The molecule has 0 atom stereocenters. The van der Waals surface area contributed by atoms with Crippen LogP contribution in [0.3, 0.4) is 0 Å². The van der Waals surface area contributed by atoms with Crippen LogP contribution in [0.15, 0.2) is 63.3 Å². The standard InChI is InChI=1S/C20H20N4.2ClH.Fe/c1-14-10-15(2)20(16(3)11-14)23-13-18-8-7-17(24-18)12-22-19-6-4-5-9-21-19;;;/h4-6,8-13H,7H2,1-3H3;2*1H;/q;;;+2/p-2/b22-12+,23-13?;;;. The van der Waals surface area contributed by atoms with Crippen molar-refractivity contribution in [1.82, 2.24) is 4.98 Å². The van der Waals surface area contributed by atoms with Crippen molar-refractivity contribution in [3.63, 3.8) is 0 Å². The average molecular weight is 443 g/mol. The topological polar surface area (TPSA) is 50.0 Å². The van der Waals surface area contributed by atoms with Crippen LogP contribution in [-0.4, -0.2) is 23.1 Å². The number of hydrogen-bond acceptors (Lipinski definition) is 4. The van der Waals surface area contributed by atoms with Gasteiger partial charge in [-0.3, -0.25) is 9.98 Å². The van der Waals surface area contributed by atoms with E-state index in [9.17, 15) is 0 Å². The number of rotatable bonds is 4. The third-order valence-electron chi connectivity index (χ3n) is 3.75. The fraction of sp³-hybridized carbons (Fsp3) is 0.200. The van der Waals surface area contributed by atoms with Crippen molar-refractivity contribution in [3.05, 3.63) is 65.0 Å². The van der Waals surface area contributed by atoms with Gasteiger partial charge in [0.2, 0.25) is 0 Å². The summed E-state index contributed by atoms with van der Waals surface area (Å²) in [6.45, 7) is 6.28. The number of halogens is 2. The molecule has 1 aromatic heterocycles. The molecule has 2 aromatic rings. The normalized spacial score (nSPS) is 13.7. The summed E-state index contributed by atoms with van der Waals surface area (Å²) in [4.78, 5) is 17.7. The van der Waals surface area contributed by atoms with Crippen LogP contribution in [0.4, 0.5) is 11.5 Å². The van der Waals surface area contributed by atoms with E-state index in [1.807, 2.05) is 24.4 Å². The minimum absolute atomic E-state index is 0.194. The number of allylic oxidation sites excluding steroid dienone is 2. The van der Waals surface area contributed by atoms with Gasteiger partial charge in [-0.25, -0.2) is 9.98 Å². The van der Waals surface area contributed by atoms with Crippen molar-refractivity contribution in [2.75, 3.05) is 0 Å². The predicted molar refractivity (Wildman–Crippen MR) is 113 cm³/mol. The summed E-state index contributed by atoms with van der Waals surface area (Å²) in [5, 5.41) is 0. The van der Waals surface area contributed by atoms with Gasteiger partial charge < -0.3 is 0 Å². The van der Waals surface area contributed by atoms with Gasteiger partial charge in [-0.2, -0.15) is 0 Å². The number of benzene rings is 1. The molecular formula is C20H20Cl2FeN4. The van der Waals surface area contributed by atoms with Crippen LogP contribution < -0.4 is 0 Å². The molecule has 1 aromatic carbocycles. The molecule has 0 saturated heterocycles. The zero-order valence-corrected chi connectivity index (χ0v) is 17.9. The summed E-state index contributed by atoms with van der Waals surface area (Å²) in [6.07, 6.45) is 8.14. The summed E-state index contributed by atoms with van der Waals surface area (Å²) in [7, 11) is 9.53. The molecule has 0 radical (unpaired) electrons. The molecule has 1 aliphatic heterocycles. The average Bonchev–Trinajstić information content (AvgIpc) is 3.08. The van der Waals surface area contributed by atoms with E-state index in [1.165, 1.54) is 16.7 Å². The van der Waals surface area contributed by atoms with E-state index < -0.39 is 0 Å². The van der Waals surface area contributed by atoms with Crippen LogP contribution in [-0.2, 0) is 13.1 Å². The Morgan fingerprint density at radius 1 is 1.04 bits per heavy atom. The molecular weight excluding hydrogens is 423 g/mol. The first-order chi connectivity index (χ1) is 13.0. The van der Waals surface area contributed by atoms with E-state index in [-0.39, 0.29) is 13.1 Å². The monoisotopic (exact) mass is 442 g/mol. The van der Waals surface area contributed by atoms with E-state index >= 15 is 0 Å². The molecule has 0 fully saturated rings. The van der Waals surface area contributed by atoms with Crippen LogP contribution in [0.2, 0.25) is 0 Å². The third kappa shape index (κ3) is 7.04. The second kappa shape index (κ2) is 11.2. The molecule has 0 unspecified atom stereocenters. The Balaban J connectivity index is 0.000000817. The van der Waals surface area contributed by atoms with Crippen molar-refractivity contribution < 1.29 is 13.1 Å². The molecule has 2 heterocycles. The molecule has 142 valence electrons. The fourth-order valence-electron chi connectivity index (χ4n) is 2.71. The summed E-state index contributed by atoms with van der Waals surface area (Å²) >= 11 is 0.194. The Kier molecular flexibility index (Phi) is 8.89. The number of pyridine rings is 1. The van der Waals surface area contributed by atoms with Crippen molar-refractivity contribution in [2.45, 2.75) is 27.2 Å². The summed E-state index contributed by atoms with van der Waals surface area (Å²) in [6, 6.07) is 9.95. The van der Waals surface area contributed by atoms with Gasteiger partial charge in [0, 0.05) is 12.6 Å². The number of aryl methyl sites for hydroxylation is 3. The second-order valence-corrected chi connectivity index (χ2v) is 7.76. The molecule has 0 saturated carbocycles. The molecule has 1 aliphatic rings. The Morgan fingerprint density at radius 2 is 1.74 bits per heavy atom. The van der Waals surface area contributed by atoms with Crippen LogP contribution in [0.25, 0.3) is 0 Å². The number of nitrogens with zero attached hydrogens (tertiary/aromatic N) is 4. The van der Waals surface area contributed by atoms with Gasteiger partial charge in [0.25, 0.3) is 0 Å². The number of hydrogen-bond donors (Lipinski definition) is 0. The van der Waals surface area contributed by atoms with E-state index in [1.54, 1.807) is 12.4 Å². The maximum atomic E-state index is 4.76. The van der Waals surface area contributed by atoms with Crippen LogP contribution in [0, 0.1) is 20.8 Å². The Bertz CT molecular complexity index is 867. The molecule has 0 amide bonds.